The molecule has 0 bridgehead atoms. The lowest BCUT2D eigenvalue weighted by Crippen LogP contribution is -2.06. The van der Waals surface area contributed by atoms with Gasteiger partial charge in [-0.3, -0.25) is 4.68 Å². The third-order valence-electron chi connectivity index (χ3n) is 3.19. The molecule has 0 saturated carbocycles. The molecule has 0 aliphatic carbocycles. The number of aliphatic hydroxyl groups is 1. The van der Waals surface area contributed by atoms with Gasteiger partial charge in [0.05, 0.1) is 11.8 Å². The molecule has 0 spiro atoms. The lowest BCUT2D eigenvalue weighted by molar-refractivity contribution is 0.176. The highest BCUT2D eigenvalue weighted by Crippen LogP contribution is 2.22. The highest BCUT2D eigenvalue weighted by molar-refractivity contribution is 5.29. The van der Waals surface area contributed by atoms with Crippen LogP contribution < -0.4 is 0 Å². The van der Waals surface area contributed by atoms with Crippen LogP contribution in [-0.2, 0) is 6.42 Å². The van der Waals surface area contributed by atoms with Gasteiger partial charge in [0.15, 0.2) is 0 Å². The van der Waals surface area contributed by atoms with E-state index in [0.717, 1.165) is 16.8 Å². The summed E-state index contributed by atoms with van der Waals surface area (Å²) in [7, 11) is 0. The summed E-state index contributed by atoms with van der Waals surface area (Å²) in [5.74, 6) is -0.280. The molecule has 19 heavy (non-hydrogen) atoms. The van der Waals surface area contributed by atoms with Crippen molar-refractivity contribution in [2.45, 2.75) is 39.3 Å². The fourth-order valence-corrected chi connectivity index (χ4v) is 2.09. The van der Waals surface area contributed by atoms with Crippen LogP contribution in [0.5, 0.6) is 0 Å². The van der Waals surface area contributed by atoms with Gasteiger partial charge >= 0.3 is 0 Å². The third kappa shape index (κ3) is 3.20. The van der Waals surface area contributed by atoms with Gasteiger partial charge in [0, 0.05) is 18.7 Å². The highest BCUT2D eigenvalue weighted by atomic mass is 19.1. The van der Waals surface area contributed by atoms with Gasteiger partial charge in [-0.15, -0.1) is 0 Å². The van der Waals surface area contributed by atoms with Gasteiger partial charge < -0.3 is 5.11 Å². The first-order valence-corrected chi connectivity index (χ1v) is 6.45. The molecule has 0 amide bonds. The minimum absolute atomic E-state index is 0.280. The van der Waals surface area contributed by atoms with Crippen molar-refractivity contribution in [3.63, 3.8) is 0 Å². The zero-order valence-electron chi connectivity index (χ0n) is 11.5. The minimum Gasteiger partial charge on any atom is -0.388 e. The summed E-state index contributed by atoms with van der Waals surface area (Å²) in [4.78, 5) is 0. The van der Waals surface area contributed by atoms with E-state index in [2.05, 4.69) is 18.9 Å². The van der Waals surface area contributed by atoms with Crippen molar-refractivity contribution in [2.75, 3.05) is 0 Å². The van der Waals surface area contributed by atoms with Crippen LogP contribution in [0.25, 0.3) is 0 Å². The van der Waals surface area contributed by atoms with Crippen LogP contribution in [-0.4, -0.2) is 14.9 Å². The Bertz CT molecular complexity index is 563. The van der Waals surface area contributed by atoms with Crippen LogP contribution in [0.15, 0.2) is 30.5 Å². The first-order chi connectivity index (χ1) is 8.97. The molecule has 1 atom stereocenters. The molecular formula is C15H19FN2O. The van der Waals surface area contributed by atoms with E-state index in [0.29, 0.717) is 12.5 Å². The Kier molecular flexibility index (Phi) is 4.00. The summed E-state index contributed by atoms with van der Waals surface area (Å²) in [6, 6.07) is 6.65. The molecule has 0 aliphatic rings. The Labute approximate surface area is 112 Å². The van der Waals surface area contributed by atoms with Crippen molar-refractivity contribution in [1.29, 1.82) is 0 Å². The van der Waals surface area contributed by atoms with Gasteiger partial charge in [0.2, 0.25) is 0 Å². The maximum atomic E-state index is 13.0. The van der Waals surface area contributed by atoms with E-state index < -0.39 is 6.10 Å². The molecule has 4 heteroatoms. The SMILES string of the molecule is Cc1cc(F)ccc1C(O)Cc1ccn(C(C)C)n1. The Balaban J connectivity index is 2.13. The summed E-state index contributed by atoms with van der Waals surface area (Å²) in [5.41, 5.74) is 2.35. The molecule has 1 aromatic heterocycles. The van der Waals surface area contributed by atoms with Gasteiger partial charge in [0.1, 0.15) is 5.82 Å². The smallest absolute Gasteiger partial charge is 0.123 e. The topological polar surface area (TPSA) is 38.0 Å². The second kappa shape index (κ2) is 5.53. The molecule has 0 radical (unpaired) electrons. The van der Waals surface area contributed by atoms with Crippen molar-refractivity contribution in [1.82, 2.24) is 9.78 Å². The van der Waals surface area contributed by atoms with Crippen LogP contribution >= 0.6 is 0 Å². The monoisotopic (exact) mass is 262 g/mol. The lowest BCUT2D eigenvalue weighted by Gasteiger charge is -2.12. The number of rotatable bonds is 4. The third-order valence-corrected chi connectivity index (χ3v) is 3.19. The molecule has 1 heterocycles. The van der Waals surface area contributed by atoms with Gasteiger partial charge in [-0.05, 0) is 50.1 Å². The molecule has 2 aromatic rings. The Morgan fingerprint density at radius 3 is 2.63 bits per heavy atom. The van der Waals surface area contributed by atoms with Gasteiger partial charge in [-0.2, -0.15) is 5.10 Å². The summed E-state index contributed by atoms with van der Waals surface area (Å²) in [5, 5.41) is 14.6. The Morgan fingerprint density at radius 1 is 1.32 bits per heavy atom. The molecule has 1 unspecified atom stereocenters. The maximum Gasteiger partial charge on any atom is 0.123 e. The summed E-state index contributed by atoms with van der Waals surface area (Å²) in [6.07, 6.45) is 1.69. The van der Waals surface area contributed by atoms with Crippen molar-refractivity contribution < 1.29 is 9.50 Å². The first kappa shape index (κ1) is 13.7. The fourth-order valence-electron chi connectivity index (χ4n) is 2.09. The van der Waals surface area contributed by atoms with Crippen molar-refractivity contribution in [3.05, 3.63) is 53.1 Å². The molecule has 0 fully saturated rings. The van der Waals surface area contributed by atoms with E-state index in [1.807, 2.05) is 16.9 Å². The maximum absolute atomic E-state index is 13.0. The Morgan fingerprint density at radius 2 is 2.05 bits per heavy atom. The molecule has 2 rings (SSSR count). The number of nitrogens with zero attached hydrogens (tertiary/aromatic N) is 2. The average molecular weight is 262 g/mol. The second-order valence-electron chi connectivity index (χ2n) is 5.10. The van der Waals surface area contributed by atoms with Crippen LogP contribution in [0.1, 0.15) is 42.8 Å². The number of halogens is 1. The van der Waals surface area contributed by atoms with E-state index in [9.17, 15) is 9.50 Å². The summed E-state index contributed by atoms with van der Waals surface area (Å²) in [6.45, 7) is 5.91. The van der Waals surface area contributed by atoms with Crippen LogP contribution in [0.2, 0.25) is 0 Å². The zero-order valence-corrected chi connectivity index (χ0v) is 11.5. The predicted octanol–water partition coefficient (Wildman–Crippen LogP) is 3.19. The van der Waals surface area contributed by atoms with Crippen molar-refractivity contribution >= 4 is 0 Å². The van der Waals surface area contributed by atoms with Gasteiger partial charge in [0.25, 0.3) is 0 Å². The van der Waals surface area contributed by atoms with E-state index >= 15 is 0 Å². The molecule has 0 aliphatic heterocycles. The van der Waals surface area contributed by atoms with E-state index in [-0.39, 0.29) is 5.82 Å². The number of benzene rings is 1. The fraction of sp³-hybridized carbons (Fsp3) is 0.400. The van der Waals surface area contributed by atoms with Gasteiger partial charge in [-0.1, -0.05) is 6.07 Å². The molecule has 1 N–H and O–H groups in total. The van der Waals surface area contributed by atoms with Crippen molar-refractivity contribution in [2.24, 2.45) is 0 Å². The predicted molar refractivity (Wildman–Crippen MR) is 72.4 cm³/mol. The van der Waals surface area contributed by atoms with E-state index in [1.165, 1.54) is 12.1 Å². The number of hydrogen-bond donors (Lipinski definition) is 1. The molecule has 0 saturated heterocycles. The van der Waals surface area contributed by atoms with Gasteiger partial charge in [-0.25, -0.2) is 4.39 Å². The number of hydrogen-bond acceptors (Lipinski definition) is 2. The first-order valence-electron chi connectivity index (χ1n) is 6.45. The zero-order chi connectivity index (χ0) is 14.0. The van der Waals surface area contributed by atoms with E-state index in [1.54, 1.807) is 13.0 Å². The normalized spacial score (nSPS) is 12.9. The minimum atomic E-state index is -0.656. The molecule has 3 nitrogen and oxygen atoms in total. The molecular weight excluding hydrogens is 243 g/mol. The van der Waals surface area contributed by atoms with Crippen LogP contribution in [0, 0.1) is 12.7 Å². The highest BCUT2D eigenvalue weighted by Gasteiger charge is 2.13. The second-order valence-corrected chi connectivity index (χ2v) is 5.10. The lowest BCUT2D eigenvalue weighted by atomic mass is 10.00. The van der Waals surface area contributed by atoms with Crippen LogP contribution in [0.3, 0.4) is 0 Å². The quantitative estimate of drug-likeness (QED) is 0.919. The number of aromatic nitrogens is 2. The molecule has 102 valence electrons. The van der Waals surface area contributed by atoms with Crippen LogP contribution in [0.4, 0.5) is 4.39 Å². The molecule has 1 aromatic carbocycles. The summed E-state index contributed by atoms with van der Waals surface area (Å²) >= 11 is 0. The number of aryl methyl sites for hydroxylation is 1. The van der Waals surface area contributed by atoms with E-state index in [4.69, 9.17) is 0 Å². The average Bonchev–Trinajstić information content (AvgIpc) is 2.77. The van der Waals surface area contributed by atoms with Crippen molar-refractivity contribution in [3.8, 4) is 0 Å². The largest absolute Gasteiger partial charge is 0.388 e. The Hall–Kier alpha value is -1.68. The summed E-state index contributed by atoms with van der Waals surface area (Å²) < 4.78 is 14.9. The standard InChI is InChI=1S/C15H19FN2O/c1-10(2)18-7-6-13(17-18)9-15(19)14-5-4-12(16)8-11(14)3/h4-8,10,15,19H,9H2,1-3H3. The number of aliphatic hydroxyl groups excluding tert-OH is 1.